The summed E-state index contributed by atoms with van der Waals surface area (Å²) in [5, 5.41) is 7.51. The van der Waals surface area contributed by atoms with Gasteiger partial charge in [0, 0.05) is 46.9 Å². The fourth-order valence-electron chi connectivity index (χ4n) is 4.35. The van der Waals surface area contributed by atoms with Crippen molar-refractivity contribution in [2.24, 2.45) is 4.99 Å². The number of benzene rings is 1. The van der Waals surface area contributed by atoms with E-state index >= 15 is 0 Å². The standard InChI is InChI=1S/C21H33N3OS/c1-3-26(25)19-12-7-11-18(15-19)24-20(22-2)23-16-21(13-8-14-21)17-9-5-4-6-10-17/h4-6,9-10,18-19H,3,7-8,11-16H2,1-2H3,(H2,22,23,24). The highest BCUT2D eigenvalue weighted by Crippen LogP contribution is 2.43. The molecule has 2 fully saturated rings. The molecule has 2 saturated carbocycles. The highest BCUT2D eigenvalue weighted by molar-refractivity contribution is 7.85. The lowest BCUT2D eigenvalue weighted by atomic mass is 9.64. The van der Waals surface area contributed by atoms with E-state index in [0.717, 1.165) is 43.9 Å². The van der Waals surface area contributed by atoms with Crippen molar-refractivity contribution >= 4 is 16.8 Å². The van der Waals surface area contributed by atoms with Gasteiger partial charge in [0.2, 0.25) is 0 Å². The highest BCUT2D eigenvalue weighted by atomic mass is 32.2. The van der Waals surface area contributed by atoms with Crippen LogP contribution in [-0.2, 0) is 16.2 Å². The molecule has 26 heavy (non-hydrogen) atoms. The Balaban J connectivity index is 1.56. The molecule has 0 bridgehead atoms. The van der Waals surface area contributed by atoms with E-state index < -0.39 is 10.8 Å². The van der Waals surface area contributed by atoms with Crippen molar-refractivity contribution in [1.82, 2.24) is 10.6 Å². The van der Waals surface area contributed by atoms with Crippen LogP contribution in [0.3, 0.4) is 0 Å². The minimum atomic E-state index is -0.686. The van der Waals surface area contributed by atoms with Crippen LogP contribution in [-0.4, -0.2) is 40.8 Å². The molecule has 4 nitrogen and oxygen atoms in total. The molecule has 1 aromatic rings. The van der Waals surface area contributed by atoms with Crippen molar-refractivity contribution in [2.75, 3.05) is 19.3 Å². The first kappa shape index (κ1) is 19.4. The minimum Gasteiger partial charge on any atom is -0.356 e. The van der Waals surface area contributed by atoms with Crippen molar-refractivity contribution < 1.29 is 4.21 Å². The van der Waals surface area contributed by atoms with Gasteiger partial charge in [-0.05, 0) is 37.7 Å². The van der Waals surface area contributed by atoms with Gasteiger partial charge in [0.15, 0.2) is 5.96 Å². The van der Waals surface area contributed by atoms with Gasteiger partial charge in [0.1, 0.15) is 0 Å². The lowest BCUT2D eigenvalue weighted by molar-refractivity contribution is 0.243. The Hall–Kier alpha value is -1.36. The molecule has 0 heterocycles. The van der Waals surface area contributed by atoms with E-state index in [-0.39, 0.29) is 5.41 Å². The second-order valence-electron chi connectivity index (χ2n) is 7.72. The maximum atomic E-state index is 12.2. The van der Waals surface area contributed by atoms with Crippen LogP contribution in [0.1, 0.15) is 57.4 Å². The van der Waals surface area contributed by atoms with E-state index in [2.05, 4.69) is 46.0 Å². The average Bonchev–Trinajstić information content (AvgIpc) is 2.66. The minimum absolute atomic E-state index is 0.248. The predicted octanol–water partition coefficient (Wildman–Crippen LogP) is 3.35. The monoisotopic (exact) mass is 375 g/mol. The van der Waals surface area contributed by atoms with Crippen molar-refractivity contribution in [2.45, 2.75) is 68.6 Å². The Morgan fingerprint density at radius 1 is 1.23 bits per heavy atom. The van der Waals surface area contributed by atoms with Gasteiger partial charge in [-0.15, -0.1) is 0 Å². The van der Waals surface area contributed by atoms with Gasteiger partial charge in [-0.1, -0.05) is 50.1 Å². The summed E-state index contributed by atoms with van der Waals surface area (Å²) in [4.78, 5) is 4.45. The van der Waals surface area contributed by atoms with E-state index in [1.165, 1.54) is 24.8 Å². The summed E-state index contributed by atoms with van der Waals surface area (Å²) in [7, 11) is 1.16. The molecule has 2 N–H and O–H groups in total. The maximum Gasteiger partial charge on any atom is 0.191 e. The Morgan fingerprint density at radius 3 is 2.62 bits per heavy atom. The zero-order valence-corrected chi connectivity index (χ0v) is 17.0. The summed E-state index contributed by atoms with van der Waals surface area (Å²) in [5.41, 5.74) is 1.68. The molecule has 3 atom stereocenters. The molecule has 0 radical (unpaired) electrons. The molecule has 144 valence electrons. The number of hydrogen-bond donors (Lipinski definition) is 2. The van der Waals surface area contributed by atoms with E-state index in [4.69, 9.17) is 0 Å². The van der Waals surface area contributed by atoms with Gasteiger partial charge in [-0.25, -0.2) is 0 Å². The molecule has 0 saturated heterocycles. The molecule has 0 spiro atoms. The van der Waals surface area contributed by atoms with Crippen molar-refractivity contribution in [3.63, 3.8) is 0 Å². The Bertz CT molecular complexity index is 627. The molecular weight excluding hydrogens is 342 g/mol. The maximum absolute atomic E-state index is 12.2. The average molecular weight is 376 g/mol. The van der Waals surface area contributed by atoms with Crippen LogP contribution in [0.25, 0.3) is 0 Å². The zero-order chi connectivity index (χ0) is 18.4. The van der Waals surface area contributed by atoms with Gasteiger partial charge >= 0.3 is 0 Å². The fourth-order valence-corrected chi connectivity index (χ4v) is 5.70. The first-order valence-electron chi connectivity index (χ1n) is 10.1. The largest absolute Gasteiger partial charge is 0.356 e. The third-order valence-corrected chi connectivity index (χ3v) is 7.88. The Labute approximate surface area is 160 Å². The van der Waals surface area contributed by atoms with Gasteiger partial charge in [-0.3, -0.25) is 9.20 Å². The van der Waals surface area contributed by atoms with Gasteiger partial charge < -0.3 is 10.6 Å². The SMILES string of the molecule is CCS(=O)C1CCCC(NC(=NC)NCC2(c3ccccc3)CCC2)C1. The molecule has 3 unspecified atom stereocenters. The smallest absolute Gasteiger partial charge is 0.191 e. The second kappa shape index (κ2) is 9.03. The highest BCUT2D eigenvalue weighted by Gasteiger charge is 2.38. The van der Waals surface area contributed by atoms with Crippen LogP contribution in [0, 0.1) is 0 Å². The molecule has 3 rings (SSSR count). The zero-order valence-electron chi connectivity index (χ0n) is 16.2. The lowest BCUT2D eigenvalue weighted by Crippen LogP contribution is -2.51. The van der Waals surface area contributed by atoms with Crippen LogP contribution in [0.15, 0.2) is 35.3 Å². The number of guanidine groups is 1. The lowest BCUT2D eigenvalue weighted by Gasteiger charge is -2.43. The first-order chi connectivity index (χ1) is 12.7. The van der Waals surface area contributed by atoms with Crippen LogP contribution in [0.5, 0.6) is 0 Å². The van der Waals surface area contributed by atoms with E-state index in [1.54, 1.807) is 0 Å². The third kappa shape index (κ3) is 4.48. The Kier molecular flexibility index (Phi) is 6.74. The number of aliphatic imine (C=N–C) groups is 1. The molecule has 0 aliphatic heterocycles. The summed E-state index contributed by atoms with van der Waals surface area (Å²) in [6.45, 7) is 2.95. The summed E-state index contributed by atoms with van der Waals surface area (Å²) in [6, 6.07) is 11.2. The molecule has 2 aliphatic carbocycles. The number of nitrogens with zero attached hydrogens (tertiary/aromatic N) is 1. The van der Waals surface area contributed by atoms with Crippen LogP contribution >= 0.6 is 0 Å². The Morgan fingerprint density at radius 2 is 2.00 bits per heavy atom. The molecule has 2 aliphatic rings. The van der Waals surface area contributed by atoms with E-state index in [9.17, 15) is 4.21 Å². The summed E-state index contributed by atoms with van der Waals surface area (Å²) in [6.07, 6.45) is 8.16. The van der Waals surface area contributed by atoms with Crippen molar-refractivity contribution in [3.8, 4) is 0 Å². The van der Waals surface area contributed by atoms with Crippen molar-refractivity contribution in [1.29, 1.82) is 0 Å². The van der Waals surface area contributed by atoms with Crippen LogP contribution in [0.4, 0.5) is 0 Å². The number of nitrogens with one attached hydrogen (secondary N) is 2. The molecule has 5 heteroatoms. The third-order valence-electron chi connectivity index (χ3n) is 6.14. The van der Waals surface area contributed by atoms with E-state index in [1.807, 2.05) is 14.0 Å². The van der Waals surface area contributed by atoms with Gasteiger partial charge in [0.25, 0.3) is 0 Å². The summed E-state index contributed by atoms with van der Waals surface area (Å²) in [5.74, 6) is 1.66. The molecular formula is C21H33N3OS. The van der Waals surface area contributed by atoms with Crippen LogP contribution in [0.2, 0.25) is 0 Å². The normalized spacial score (nSPS) is 26.6. The van der Waals surface area contributed by atoms with Gasteiger partial charge in [0.05, 0.1) is 0 Å². The van der Waals surface area contributed by atoms with Crippen molar-refractivity contribution in [3.05, 3.63) is 35.9 Å². The summed E-state index contributed by atoms with van der Waals surface area (Å²) >= 11 is 0. The predicted molar refractivity (Wildman–Crippen MR) is 111 cm³/mol. The number of rotatable bonds is 6. The topological polar surface area (TPSA) is 53.5 Å². The molecule has 1 aromatic carbocycles. The van der Waals surface area contributed by atoms with Gasteiger partial charge in [-0.2, -0.15) is 0 Å². The number of hydrogen-bond acceptors (Lipinski definition) is 2. The van der Waals surface area contributed by atoms with Crippen LogP contribution < -0.4 is 10.6 Å². The quantitative estimate of drug-likeness (QED) is 0.592. The fraction of sp³-hybridized carbons (Fsp3) is 0.667. The van der Waals surface area contributed by atoms with E-state index in [0.29, 0.717) is 11.3 Å². The summed E-state index contributed by atoms with van der Waals surface area (Å²) < 4.78 is 12.2. The molecule has 0 aromatic heterocycles. The first-order valence-corrected chi connectivity index (χ1v) is 11.4. The second-order valence-corrected chi connectivity index (χ2v) is 9.73. The molecule has 0 amide bonds.